The molecule has 3 heterocycles. The maximum absolute atomic E-state index is 13.7. The highest BCUT2D eigenvalue weighted by atomic mass is 35.5. The Hall–Kier alpha value is -1.92. The summed E-state index contributed by atoms with van der Waals surface area (Å²) < 4.78 is 1.77. The summed E-state index contributed by atoms with van der Waals surface area (Å²) in [6, 6.07) is 0.312. The van der Waals surface area contributed by atoms with Gasteiger partial charge in [-0.3, -0.25) is 9.48 Å². The Morgan fingerprint density at radius 2 is 1.84 bits per heavy atom. The molecule has 5 nitrogen and oxygen atoms in total. The van der Waals surface area contributed by atoms with Gasteiger partial charge in [0.2, 0.25) is 0 Å². The molecule has 0 aromatic carbocycles. The highest BCUT2D eigenvalue weighted by Gasteiger charge is 2.48. The van der Waals surface area contributed by atoms with E-state index in [1.807, 2.05) is 33.3 Å². The number of rotatable bonds is 3. The molecule has 4 aliphatic carbocycles. The SMILES string of the molecule is Cc1nc2sc(C(=O)NC3C4CC5CC(C4)CC3C5)c(-c3cnn(C)c3)c2c(C)c1Cl. The molecule has 4 saturated carbocycles. The molecule has 162 valence electrons. The van der Waals surface area contributed by atoms with Crippen LogP contribution in [0.4, 0.5) is 0 Å². The molecule has 0 radical (unpaired) electrons. The average Bonchev–Trinajstić information content (AvgIpc) is 3.31. The summed E-state index contributed by atoms with van der Waals surface area (Å²) in [6.45, 7) is 3.94. The summed E-state index contributed by atoms with van der Waals surface area (Å²) in [5.74, 6) is 3.11. The zero-order valence-electron chi connectivity index (χ0n) is 18.1. The highest BCUT2D eigenvalue weighted by Crippen LogP contribution is 2.54. The number of hydrogen-bond donors (Lipinski definition) is 1. The molecule has 3 aromatic heterocycles. The topological polar surface area (TPSA) is 59.8 Å². The maximum Gasteiger partial charge on any atom is 0.262 e. The Balaban J connectivity index is 1.43. The Labute approximate surface area is 191 Å². The Morgan fingerprint density at radius 1 is 1.16 bits per heavy atom. The first-order chi connectivity index (χ1) is 14.9. The molecule has 7 heteroatoms. The first-order valence-electron chi connectivity index (χ1n) is 11.3. The van der Waals surface area contributed by atoms with E-state index in [9.17, 15) is 4.79 Å². The van der Waals surface area contributed by atoms with Crippen LogP contribution >= 0.6 is 22.9 Å². The number of carbonyl (C=O) groups is 1. The fraction of sp³-hybridized carbons (Fsp3) is 0.542. The lowest BCUT2D eigenvalue weighted by Gasteiger charge is -2.54. The van der Waals surface area contributed by atoms with Gasteiger partial charge in [-0.2, -0.15) is 5.10 Å². The smallest absolute Gasteiger partial charge is 0.262 e. The fourth-order valence-corrected chi connectivity index (χ4v) is 8.14. The molecule has 31 heavy (non-hydrogen) atoms. The third kappa shape index (κ3) is 3.05. The molecule has 0 unspecified atom stereocenters. The Bertz CT molecular complexity index is 1180. The third-order valence-electron chi connectivity index (χ3n) is 7.91. The van der Waals surface area contributed by atoms with E-state index >= 15 is 0 Å². The lowest BCUT2D eigenvalue weighted by atomic mass is 9.54. The molecule has 1 amide bonds. The normalized spacial score (nSPS) is 29.1. The lowest BCUT2D eigenvalue weighted by Crippen LogP contribution is -2.55. The van der Waals surface area contributed by atoms with Crippen LogP contribution < -0.4 is 5.32 Å². The van der Waals surface area contributed by atoms with Gasteiger partial charge in [0.25, 0.3) is 5.91 Å². The number of carbonyl (C=O) groups excluding carboxylic acids is 1. The predicted molar refractivity (Wildman–Crippen MR) is 125 cm³/mol. The molecule has 4 aliphatic rings. The first kappa shape index (κ1) is 19.7. The van der Waals surface area contributed by atoms with E-state index < -0.39 is 0 Å². The lowest BCUT2D eigenvalue weighted by molar-refractivity contribution is -0.0118. The Kier molecular flexibility index (Phi) is 4.48. The number of fused-ring (bicyclic) bond motifs is 1. The zero-order valence-corrected chi connectivity index (χ0v) is 19.7. The summed E-state index contributed by atoms with van der Waals surface area (Å²) in [6.07, 6.45) is 10.4. The number of pyridine rings is 1. The van der Waals surface area contributed by atoms with Crippen molar-refractivity contribution in [2.24, 2.45) is 30.7 Å². The number of hydrogen-bond acceptors (Lipinski definition) is 4. The second kappa shape index (κ2) is 7.04. The molecule has 3 aromatic rings. The molecule has 0 spiro atoms. The Morgan fingerprint density at radius 3 is 2.45 bits per heavy atom. The molecular weight excluding hydrogens is 428 g/mol. The van der Waals surface area contributed by atoms with Crippen molar-refractivity contribution in [3.8, 4) is 11.1 Å². The second-order valence-corrected chi connectivity index (χ2v) is 11.3. The minimum Gasteiger partial charge on any atom is -0.348 e. The van der Waals surface area contributed by atoms with Crippen LogP contribution in [0.25, 0.3) is 21.3 Å². The number of nitrogens with zero attached hydrogens (tertiary/aromatic N) is 3. The van der Waals surface area contributed by atoms with Gasteiger partial charge in [0.15, 0.2) is 0 Å². The van der Waals surface area contributed by atoms with Crippen LogP contribution in [-0.4, -0.2) is 26.7 Å². The summed E-state index contributed by atoms with van der Waals surface area (Å²) in [5, 5.41) is 9.50. The van der Waals surface area contributed by atoms with Crippen molar-refractivity contribution in [3.63, 3.8) is 0 Å². The summed E-state index contributed by atoms with van der Waals surface area (Å²) in [7, 11) is 1.90. The molecule has 1 N–H and O–H groups in total. The van der Waals surface area contributed by atoms with E-state index in [4.69, 9.17) is 16.6 Å². The number of thiophene rings is 1. The van der Waals surface area contributed by atoms with Crippen LogP contribution in [0.2, 0.25) is 5.02 Å². The van der Waals surface area contributed by atoms with Gasteiger partial charge < -0.3 is 5.32 Å². The fourth-order valence-electron chi connectivity index (χ4n) is 6.79. The van der Waals surface area contributed by atoms with Gasteiger partial charge in [-0.15, -0.1) is 11.3 Å². The summed E-state index contributed by atoms with van der Waals surface area (Å²) >= 11 is 8.05. The summed E-state index contributed by atoms with van der Waals surface area (Å²) in [5.41, 5.74) is 3.64. The van der Waals surface area contributed by atoms with Gasteiger partial charge in [0, 0.05) is 35.8 Å². The minimum absolute atomic E-state index is 0.0347. The van der Waals surface area contributed by atoms with E-state index in [0.717, 1.165) is 49.3 Å². The van der Waals surface area contributed by atoms with Crippen LogP contribution in [0.1, 0.15) is 53.0 Å². The van der Waals surface area contributed by atoms with Crippen LogP contribution in [-0.2, 0) is 7.05 Å². The number of aryl methyl sites for hydroxylation is 3. The van der Waals surface area contributed by atoms with E-state index in [1.54, 1.807) is 4.68 Å². The van der Waals surface area contributed by atoms with Crippen LogP contribution in [0.15, 0.2) is 12.4 Å². The largest absolute Gasteiger partial charge is 0.348 e. The van der Waals surface area contributed by atoms with E-state index in [-0.39, 0.29) is 5.91 Å². The van der Waals surface area contributed by atoms with Crippen LogP contribution in [0.5, 0.6) is 0 Å². The van der Waals surface area contributed by atoms with Gasteiger partial charge in [-0.25, -0.2) is 4.98 Å². The monoisotopic (exact) mass is 454 g/mol. The van der Waals surface area contributed by atoms with Gasteiger partial charge in [-0.1, -0.05) is 11.6 Å². The van der Waals surface area contributed by atoms with Crippen LogP contribution in [0, 0.1) is 37.5 Å². The maximum atomic E-state index is 13.7. The van der Waals surface area contributed by atoms with Crippen molar-refractivity contribution >= 4 is 39.1 Å². The van der Waals surface area contributed by atoms with Gasteiger partial charge >= 0.3 is 0 Å². The number of amides is 1. The molecule has 0 atom stereocenters. The number of halogens is 1. The molecular formula is C24H27ClN4OS. The number of nitrogens with one attached hydrogen (secondary N) is 1. The van der Waals surface area contributed by atoms with E-state index in [1.165, 1.54) is 43.4 Å². The van der Waals surface area contributed by atoms with Gasteiger partial charge in [0.05, 0.1) is 16.9 Å². The molecule has 0 aliphatic heterocycles. The average molecular weight is 455 g/mol. The van der Waals surface area contributed by atoms with Crippen LogP contribution in [0.3, 0.4) is 0 Å². The molecule has 0 saturated heterocycles. The molecule has 4 bridgehead atoms. The quantitative estimate of drug-likeness (QED) is 0.566. The second-order valence-electron chi connectivity index (χ2n) is 9.96. The van der Waals surface area contributed by atoms with E-state index in [2.05, 4.69) is 10.4 Å². The minimum atomic E-state index is 0.0347. The standard InChI is InChI=1S/C24H27ClN4OS/c1-11-18-19(17-9-26-29(3)10-17)22(31-24(18)27-12(2)20(11)25)23(30)28-21-15-5-13-4-14(7-15)8-16(21)6-13/h9-10,13-16,21H,4-8H2,1-3H3,(H,28,30). The predicted octanol–water partition coefficient (Wildman–Crippen LogP) is 5.52. The number of aromatic nitrogens is 3. The van der Waals surface area contributed by atoms with Crippen molar-refractivity contribution in [2.45, 2.75) is 52.0 Å². The van der Waals surface area contributed by atoms with E-state index in [0.29, 0.717) is 22.9 Å². The van der Waals surface area contributed by atoms with Gasteiger partial charge in [0.1, 0.15) is 9.71 Å². The molecule has 4 fully saturated rings. The van der Waals surface area contributed by atoms with Crippen molar-refractivity contribution in [2.75, 3.05) is 0 Å². The highest BCUT2D eigenvalue weighted by molar-refractivity contribution is 7.21. The molecule has 7 rings (SSSR count). The van der Waals surface area contributed by atoms with Crippen molar-refractivity contribution in [1.29, 1.82) is 0 Å². The zero-order chi connectivity index (χ0) is 21.4. The van der Waals surface area contributed by atoms with Crippen molar-refractivity contribution < 1.29 is 4.79 Å². The third-order valence-corrected chi connectivity index (χ3v) is 9.54. The summed E-state index contributed by atoms with van der Waals surface area (Å²) in [4.78, 5) is 20.0. The van der Waals surface area contributed by atoms with Crippen molar-refractivity contribution in [1.82, 2.24) is 20.1 Å². The van der Waals surface area contributed by atoms with Crippen molar-refractivity contribution in [3.05, 3.63) is 33.6 Å². The first-order valence-corrected chi connectivity index (χ1v) is 12.5. The van der Waals surface area contributed by atoms with Gasteiger partial charge in [-0.05, 0) is 75.2 Å².